The van der Waals surface area contributed by atoms with Crippen LogP contribution < -0.4 is 0 Å². The summed E-state index contributed by atoms with van der Waals surface area (Å²) in [5.41, 5.74) is 3.10. The van der Waals surface area contributed by atoms with Gasteiger partial charge in [0.1, 0.15) is 0 Å². The number of rotatable bonds is 8. The lowest BCUT2D eigenvalue weighted by molar-refractivity contribution is -0.131. The van der Waals surface area contributed by atoms with Crippen LogP contribution in [0.1, 0.15) is 17.5 Å². The maximum atomic E-state index is 10.9. The third-order valence-electron chi connectivity index (χ3n) is 3.28. The van der Waals surface area contributed by atoms with Gasteiger partial charge in [0, 0.05) is 6.08 Å². The highest BCUT2D eigenvalue weighted by Gasteiger charge is 2.03. The molecule has 0 bridgehead atoms. The molecule has 0 spiro atoms. The van der Waals surface area contributed by atoms with Crippen LogP contribution >= 0.6 is 0 Å². The first-order valence-corrected chi connectivity index (χ1v) is 7.32. The fraction of sp³-hybridized carbons (Fsp3) is 0.211. The van der Waals surface area contributed by atoms with Crippen LogP contribution in [0.2, 0.25) is 0 Å². The van der Waals surface area contributed by atoms with Gasteiger partial charge in [-0.25, -0.2) is 4.79 Å². The van der Waals surface area contributed by atoms with Crippen molar-refractivity contribution in [2.75, 3.05) is 6.61 Å². The Labute approximate surface area is 130 Å². The van der Waals surface area contributed by atoms with Crippen LogP contribution in [0.25, 0.3) is 0 Å². The highest BCUT2D eigenvalue weighted by molar-refractivity contribution is 5.80. The van der Waals surface area contributed by atoms with Crippen LogP contribution in [-0.4, -0.2) is 17.7 Å². The van der Waals surface area contributed by atoms with Crippen LogP contribution in [-0.2, 0) is 22.6 Å². The van der Waals surface area contributed by atoms with Gasteiger partial charge in [-0.3, -0.25) is 0 Å². The summed E-state index contributed by atoms with van der Waals surface area (Å²) in [6.45, 7) is 1.06. The third-order valence-corrected chi connectivity index (χ3v) is 3.28. The lowest BCUT2D eigenvalue weighted by atomic mass is 10.0. The summed E-state index contributed by atoms with van der Waals surface area (Å²) in [6, 6.07) is 19.8. The van der Waals surface area contributed by atoms with Crippen LogP contribution in [0.5, 0.6) is 0 Å². The predicted molar refractivity (Wildman–Crippen MR) is 86.6 cm³/mol. The lowest BCUT2D eigenvalue weighted by Crippen LogP contribution is -2.02. The molecule has 2 aromatic rings. The number of carboxylic acid groups (broad SMARTS) is 1. The van der Waals surface area contributed by atoms with Crippen LogP contribution in [0, 0.1) is 0 Å². The number of hydrogen-bond donors (Lipinski definition) is 1. The Morgan fingerprint density at radius 3 is 2.14 bits per heavy atom. The van der Waals surface area contributed by atoms with Gasteiger partial charge in [0.2, 0.25) is 0 Å². The molecule has 0 atom stereocenters. The fourth-order valence-electron chi connectivity index (χ4n) is 2.21. The van der Waals surface area contributed by atoms with Crippen molar-refractivity contribution in [1.82, 2.24) is 0 Å². The first kappa shape index (κ1) is 16.0. The van der Waals surface area contributed by atoms with Gasteiger partial charge >= 0.3 is 5.97 Å². The first-order valence-electron chi connectivity index (χ1n) is 7.32. The summed E-state index contributed by atoms with van der Waals surface area (Å²) in [6.07, 6.45) is 2.55. The maximum absolute atomic E-state index is 10.9. The Morgan fingerprint density at radius 2 is 1.55 bits per heavy atom. The molecule has 0 fully saturated rings. The molecule has 0 amide bonds. The van der Waals surface area contributed by atoms with Gasteiger partial charge in [0.25, 0.3) is 0 Å². The van der Waals surface area contributed by atoms with Gasteiger partial charge in [0.05, 0.1) is 13.2 Å². The van der Waals surface area contributed by atoms with E-state index in [1.165, 1.54) is 6.08 Å². The second-order valence-electron chi connectivity index (χ2n) is 5.09. The molecule has 0 saturated carbocycles. The van der Waals surface area contributed by atoms with Crippen molar-refractivity contribution in [2.24, 2.45) is 0 Å². The van der Waals surface area contributed by atoms with Gasteiger partial charge < -0.3 is 9.84 Å². The van der Waals surface area contributed by atoms with Gasteiger partial charge in [-0.2, -0.15) is 0 Å². The Balaban J connectivity index is 1.84. The van der Waals surface area contributed by atoms with Gasteiger partial charge in [-0.1, -0.05) is 66.2 Å². The van der Waals surface area contributed by atoms with E-state index in [9.17, 15) is 4.79 Å². The molecule has 3 heteroatoms. The molecule has 0 unspecified atom stereocenters. The van der Waals surface area contributed by atoms with Gasteiger partial charge in [0.15, 0.2) is 0 Å². The maximum Gasteiger partial charge on any atom is 0.328 e. The van der Waals surface area contributed by atoms with E-state index >= 15 is 0 Å². The molecule has 0 saturated heterocycles. The topological polar surface area (TPSA) is 46.5 Å². The smallest absolute Gasteiger partial charge is 0.328 e. The van der Waals surface area contributed by atoms with Crippen molar-refractivity contribution in [3.05, 3.63) is 83.4 Å². The molecule has 3 nitrogen and oxygen atoms in total. The van der Waals surface area contributed by atoms with Crippen LogP contribution in [0.15, 0.2) is 72.3 Å². The molecule has 1 N–H and O–H groups in total. The molecule has 0 aliphatic rings. The van der Waals surface area contributed by atoms with E-state index in [1.54, 1.807) is 0 Å². The predicted octanol–water partition coefficient (Wildman–Crippen LogP) is 3.85. The Kier molecular flexibility index (Phi) is 6.39. The zero-order chi connectivity index (χ0) is 15.6. The van der Waals surface area contributed by atoms with Crippen LogP contribution in [0.3, 0.4) is 0 Å². The third kappa shape index (κ3) is 5.94. The second-order valence-corrected chi connectivity index (χ2v) is 5.09. The van der Waals surface area contributed by atoms with Crippen molar-refractivity contribution in [3.63, 3.8) is 0 Å². The number of benzene rings is 2. The molecule has 22 heavy (non-hydrogen) atoms. The minimum atomic E-state index is -0.908. The minimum absolute atomic E-state index is 0.515. The van der Waals surface area contributed by atoms with Crippen molar-refractivity contribution >= 4 is 5.97 Å². The number of carboxylic acids is 1. The summed E-state index contributed by atoms with van der Waals surface area (Å²) in [5, 5.41) is 8.98. The number of carbonyl (C=O) groups is 1. The molecule has 2 rings (SSSR count). The molecule has 0 aliphatic carbocycles. The molecule has 0 aromatic heterocycles. The van der Waals surface area contributed by atoms with Gasteiger partial charge in [-0.15, -0.1) is 0 Å². The zero-order valence-electron chi connectivity index (χ0n) is 12.4. The first-order chi connectivity index (χ1) is 10.7. The standard InChI is InChI=1S/C19H20O3/c20-19(21)14-18(13-16-7-3-1-4-8-16)11-12-22-15-17-9-5-2-6-10-17/h1-10,14H,11-13,15H2,(H,20,21)/b18-14-. The summed E-state index contributed by atoms with van der Waals surface area (Å²) in [7, 11) is 0. The van der Waals surface area contributed by atoms with Crippen molar-refractivity contribution in [3.8, 4) is 0 Å². The molecule has 0 radical (unpaired) electrons. The number of aliphatic carboxylic acids is 1. The lowest BCUT2D eigenvalue weighted by Gasteiger charge is -2.08. The Hall–Kier alpha value is -2.39. The summed E-state index contributed by atoms with van der Waals surface area (Å²) in [5.74, 6) is -0.908. The fourth-order valence-corrected chi connectivity index (χ4v) is 2.21. The van der Waals surface area contributed by atoms with Crippen molar-refractivity contribution in [1.29, 1.82) is 0 Å². The number of hydrogen-bond acceptors (Lipinski definition) is 2. The van der Waals surface area contributed by atoms with Crippen LogP contribution in [0.4, 0.5) is 0 Å². The zero-order valence-corrected chi connectivity index (χ0v) is 12.4. The Morgan fingerprint density at radius 1 is 0.955 bits per heavy atom. The minimum Gasteiger partial charge on any atom is -0.478 e. The SMILES string of the molecule is O=C(O)/C=C(/CCOCc1ccccc1)Cc1ccccc1. The normalized spacial score (nSPS) is 11.4. The second kappa shape index (κ2) is 8.80. The van der Waals surface area contributed by atoms with E-state index in [1.807, 2.05) is 60.7 Å². The summed E-state index contributed by atoms with van der Waals surface area (Å²) >= 11 is 0. The van der Waals surface area contributed by atoms with Gasteiger partial charge in [-0.05, 0) is 24.0 Å². The quantitative estimate of drug-likeness (QED) is 0.594. The van der Waals surface area contributed by atoms with Crippen molar-refractivity contribution < 1.29 is 14.6 Å². The summed E-state index contributed by atoms with van der Waals surface area (Å²) < 4.78 is 5.64. The molecule has 114 valence electrons. The van der Waals surface area contributed by atoms with E-state index in [2.05, 4.69) is 0 Å². The molecular weight excluding hydrogens is 276 g/mol. The van der Waals surface area contributed by atoms with E-state index in [4.69, 9.17) is 9.84 Å². The van der Waals surface area contributed by atoms with E-state index < -0.39 is 5.97 Å². The molecule has 0 heterocycles. The molecular formula is C19H20O3. The van der Waals surface area contributed by atoms with E-state index in [0.717, 1.165) is 16.7 Å². The monoisotopic (exact) mass is 296 g/mol. The summed E-state index contributed by atoms with van der Waals surface area (Å²) in [4.78, 5) is 10.9. The molecule has 2 aromatic carbocycles. The van der Waals surface area contributed by atoms with E-state index in [0.29, 0.717) is 26.1 Å². The van der Waals surface area contributed by atoms with E-state index in [-0.39, 0.29) is 0 Å². The largest absolute Gasteiger partial charge is 0.478 e. The average Bonchev–Trinajstić information content (AvgIpc) is 2.53. The average molecular weight is 296 g/mol. The highest BCUT2D eigenvalue weighted by atomic mass is 16.5. The van der Waals surface area contributed by atoms with Crippen molar-refractivity contribution in [2.45, 2.75) is 19.4 Å². The highest BCUT2D eigenvalue weighted by Crippen LogP contribution is 2.12. The number of ether oxygens (including phenoxy) is 1. The molecule has 0 aliphatic heterocycles. The Bertz CT molecular complexity index is 603.